The Morgan fingerprint density at radius 3 is 2.58 bits per heavy atom. The van der Waals surface area contributed by atoms with Gasteiger partial charge in [-0.25, -0.2) is 9.59 Å². The van der Waals surface area contributed by atoms with Gasteiger partial charge in [0.15, 0.2) is 0 Å². The molecule has 6 nitrogen and oxygen atoms in total. The Morgan fingerprint density at radius 1 is 1.37 bits per heavy atom. The molecule has 1 atom stereocenters. The monoisotopic (exact) mass is 269 g/mol. The third-order valence-corrected chi connectivity index (χ3v) is 4.26. The fourth-order valence-corrected chi connectivity index (χ4v) is 3.06. The molecule has 3 N–H and O–H groups in total. The number of carbonyl (C=O) groups is 2. The number of carboxylic acids is 1. The van der Waals surface area contributed by atoms with Gasteiger partial charge in [-0.1, -0.05) is 12.8 Å². The molecule has 1 heterocycles. The number of amides is 2. The highest BCUT2D eigenvalue weighted by molar-refractivity contribution is 5.86. The molecule has 0 aromatic heterocycles. The number of nitrogens with one attached hydrogen (secondary N) is 2. The second kappa shape index (κ2) is 5.77. The molecule has 2 amide bonds. The third-order valence-electron chi connectivity index (χ3n) is 4.26. The van der Waals surface area contributed by atoms with Gasteiger partial charge in [-0.3, -0.25) is 0 Å². The van der Waals surface area contributed by atoms with Gasteiger partial charge in [-0.2, -0.15) is 0 Å². The van der Waals surface area contributed by atoms with E-state index in [2.05, 4.69) is 22.6 Å². The molecule has 0 spiro atoms. The normalized spacial score (nSPS) is 26.3. The molecule has 1 aliphatic heterocycles. The van der Waals surface area contributed by atoms with E-state index in [9.17, 15) is 14.7 Å². The number of carbonyl (C=O) groups excluding carboxylic acids is 1. The highest BCUT2D eigenvalue weighted by Crippen LogP contribution is 2.29. The molecule has 1 saturated heterocycles. The van der Waals surface area contributed by atoms with Crippen molar-refractivity contribution in [2.24, 2.45) is 5.92 Å². The largest absolute Gasteiger partial charge is 0.480 e. The first-order chi connectivity index (χ1) is 9.02. The van der Waals surface area contributed by atoms with E-state index >= 15 is 0 Å². The van der Waals surface area contributed by atoms with Crippen molar-refractivity contribution in [1.82, 2.24) is 15.5 Å². The maximum atomic E-state index is 11.8. The molecule has 0 radical (unpaired) electrons. The van der Waals surface area contributed by atoms with Gasteiger partial charge in [0, 0.05) is 13.1 Å². The fraction of sp³-hybridized carbons (Fsp3) is 0.846. The van der Waals surface area contributed by atoms with Crippen molar-refractivity contribution < 1.29 is 14.7 Å². The lowest BCUT2D eigenvalue weighted by Gasteiger charge is -2.25. The van der Waals surface area contributed by atoms with Crippen LogP contribution in [0.5, 0.6) is 0 Å². The molecule has 2 fully saturated rings. The van der Waals surface area contributed by atoms with Crippen LogP contribution in [-0.4, -0.2) is 54.2 Å². The van der Waals surface area contributed by atoms with Gasteiger partial charge in [-0.15, -0.1) is 0 Å². The molecule has 0 bridgehead atoms. The Kier molecular flexibility index (Phi) is 4.29. The Labute approximate surface area is 113 Å². The topological polar surface area (TPSA) is 81.7 Å². The number of hydrogen-bond acceptors (Lipinski definition) is 3. The Balaban J connectivity index is 1.78. The molecule has 108 valence electrons. The van der Waals surface area contributed by atoms with Crippen LogP contribution in [0.1, 0.15) is 32.1 Å². The number of aliphatic carboxylic acids is 1. The minimum absolute atomic E-state index is 0.348. The van der Waals surface area contributed by atoms with E-state index < -0.39 is 11.5 Å². The number of carboxylic acid groups (broad SMARTS) is 1. The van der Waals surface area contributed by atoms with Crippen molar-refractivity contribution in [1.29, 1.82) is 0 Å². The Bertz CT molecular complexity index is 353. The average molecular weight is 269 g/mol. The van der Waals surface area contributed by atoms with Gasteiger partial charge in [0.05, 0.1) is 0 Å². The highest BCUT2D eigenvalue weighted by atomic mass is 16.4. The Hall–Kier alpha value is -1.30. The lowest BCUT2D eigenvalue weighted by Crippen LogP contribution is -2.56. The molecule has 2 rings (SSSR count). The average Bonchev–Trinajstić information content (AvgIpc) is 2.97. The van der Waals surface area contributed by atoms with Crippen molar-refractivity contribution in [3.05, 3.63) is 0 Å². The number of rotatable bonds is 4. The molecule has 1 aliphatic carbocycles. The summed E-state index contributed by atoms with van der Waals surface area (Å²) in [6.07, 6.45) is 3.87. The van der Waals surface area contributed by atoms with E-state index in [1.165, 1.54) is 0 Å². The van der Waals surface area contributed by atoms with Crippen LogP contribution in [-0.2, 0) is 4.79 Å². The maximum Gasteiger partial charge on any atom is 0.329 e. The predicted octanol–water partition coefficient (Wildman–Crippen LogP) is 0.635. The number of hydrogen-bond donors (Lipinski definition) is 3. The first-order valence-electron chi connectivity index (χ1n) is 7.00. The minimum atomic E-state index is -1.05. The van der Waals surface area contributed by atoms with Crippen molar-refractivity contribution >= 4 is 12.0 Å². The lowest BCUT2D eigenvalue weighted by molar-refractivity contribution is -0.144. The molecule has 1 unspecified atom stereocenters. The summed E-state index contributed by atoms with van der Waals surface area (Å²) in [6, 6.07) is -0.348. The summed E-state index contributed by atoms with van der Waals surface area (Å²) in [5.74, 6) is -0.444. The zero-order chi connectivity index (χ0) is 13.9. The number of likely N-dealkylation sites (tertiary alicyclic amines) is 1. The molecule has 2 aliphatic rings. The van der Waals surface area contributed by atoms with Crippen molar-refractivity contribution in [2.45, 2.75) is 37.6 Å². The highest BCUT2D eigenvalue weighted by Gasteiger charge is 2.42. The van der Waals surface area contributed by atoms with Gasteiger partial charge in [-0.05, 0) is 38.8 Å². The van der Waals surface area contributed by atoms with Crippen LogP contribution in [0.4, 0.5) is 4.79 Å². The number of urea groups is 1. The van der Waals surface area contributed by atoms with Gasteiger partial charge in [0.1, 0.15) is 5.54 Å². The zero-order valence-corrected chi connectivity index (χ0v) is 11.4. The quantitative estimate of drug-likeness (QED) is 0.699. The Morgan fingerprint density at radius 2 is 2.05 bits per heavy atom. The van der Waals surface area contributed by atoms with Crippen LogP contribution in [0.25, 0.3) is 0 Å². The van der Waals surface area contributed by atoms with E-state index in [4.69, 9.17) is 0 Å². The van der Waals surface area contributed by atoms with Gasteiger partial charge >= 0.3 is 12.0 Å². The van der Waals surface area contributed by atoms with Crippen LogP contribution in [0.3, 0.4) is 0 Å². The second-order valence-electron chi connectivity index (χ2n) is 5.85. The summed E-state index contributed by atoms with van der Waals surface area (Å²) in [5, 5.41) is 14.8. The van der Waals surface area contributed by atoms with Crippen LogP contribution in [0.15, 0.2) is 0 Å². The van der Waals surface area contributed by atoms with E-state index in [0.717, 1.165) is 32.4 Å². The van der Waals surface area contributed by atoms with Crippen LogP contribution in [0, 0.1) is 5.92 Å². The minimum Gasteiger partial charge on any atom is -0.480 e. The first kappa shape index (κ1) is 14.1. The molecular formula is C13H23N3O3. The second-order valence-corrected chi connectivity index (χ2v) is 5.85. The first-order valence-corrected chi connectivity index (χ1v) is 7.00. The standard InChI is InChI=1S/C13H23N3O3/c1-16-7-4-10(9-16)8-14-12(19)15-13(11(17)18)5-2-3-6-13/h10H,2-9H2,1H3,(H,17,18)(H2,14,15,19). The SMILES string of the molecule is CN1CCC(CNC(=O)NC2(C(=O)O)CCCC2)C1. The smallest absolute Gasteiger partial charge is 0.329 e. The summed E-state index contributed by atoms with van der Waals surface area (Å²) < 4.78 is 0. The van der Waals surface area contributed by atoms with Crippen molar-refractivity contribution in [3.63, 3.8) is 0 Å². The lowest BCUT2D eigenvalue weighted by atomic mass is 9.98. The molecule has 6 heteroatoms. The van der Waals surface area contributed by atoms with Gasteiger partial charge < -0.3 is 20.6 Å². The number of nitrogens with zero attached hydrogens (tertiary/aromatic N) is 1. The molecule has 0 aromatic rings. The predicted molar refractivity (Wildman–Crippen MR) is 71.0 cm³/mol. The molecular weight excluding hydrogens is 246 g/mol. The van der Waals surface area contributed by atoms with Gasteiger partial charge in [0.25, 0.3) is 0 Å². The van der Waals surface area contributed by atoms with E-state index in [1.54, 1.807) is 0 Å². The van der Waals surface area contributed by atoms with Crippen LogP contribution in [0.2, 0.25) is 0 Å². The van der Waals surface area contributed by atoms with Crippen LogP contribution < -0.4 is 10.6 Å². The van der Waals surface area contributed by atoms with Crippen molar-refractivity contribution in [3.8, 4) is 0 Å². The molecule has 19 heavy (non-hydrogen) atoms. The van der Waals surface area contributed by atoms with Crippen LogP contribution >= 0.6 is 0 Å². The molecule has 0 aromatic carbocycles. The summed E-state index contributed by atoms with van der Waals surface area (Å²) in [4.78, 5) is 25.4. The van der Waals surface area contributed by atoms with Crippen molar-refractivity contribution in [2.75, 3.05) is 26.7 Å². The third kappa shape index (κ3) is 3.37. The summed E-state index contributed by atoms with van der Waals surface area (Å²) in [6.45, 7) is 2.67. The molecule has 1 saturated carbocycles. The van der Waals surface area contributed by atoms with E-state index in [0.29, 0.717) is 25.3 Å². The summed E-state index contributed by atoms with van der Waals surface area (Å²) >= 11 is 0. The van der Waals surface area contributed by atoms with E-state index in [1.807, 2.05) is 0 Å². The van der Waals surface area contributed by atoms with Gasteiger partial charge in [0.2, 0.25) is 0 Å². The summed E-state index contributed by atoms with van der Waals surface area (Å²) in [5.41, 5.74) is -1.05. The zero-order valence-electron chi connectivity index (χ0n) is 11.4. The maximum absolute atomic E-state index is 11.8. The summed E-state index contributed by atoms with van der Waals surface area (Å²) in [7, 11) is 2.07. The fourth-order valence-electron chi connectivity index (χ4n) is 3.06. The van der Waals surface area contributed by atoms with E-state index in [-0.39, 0.29) is 6.03 Å².